The minimum atomic E-state index is -0.699. The molecule has 2 rings (SSSR count). The van der Waals surface area contributed by atoms with Gasteiger partial charge in [0.05, 0.1) is 18.5 Å². The minimum absolute atomic E-state index is 0.0892. The number of hydrogen-bond donors (Lipinski definition) is 0. The Morgan fingerprint density at radius 1 is 1.32 bits per heavy atom. The molecular formula is C12H11F2N3OS. The second-order valence-electron chi connectivity index (χ2n) is 3.58. The number of alkyl halides is 1. The molecule has 0 unspecified atom stereocenters. The zero-order chi connectivity index (χ0) is 13.8. The average molecular weight is 283 g/mol. The van der Waals surface area contributed by atoms with Crippen molar-refractivity contribution >= 4 is 11.8 Å². The van der Waals surface area contributed by atoms with E-state index in [9.17, 15) is 8.78 Å². The van der Waals surface area contributed by atoms with E-state index in [1.54, 1.807) is 6.26 Å². The second kappa shape index (κ2) is 5.92. The molecule has 0 bridgehead atoms. The number of methoxy groups -OCH3 is 1. The number of halogens is 2. The van der Waals surface area contributed by atoms with Crippen LogP contribution >= 0.6 is 11.8 Å². The lowest BCUT2D eigenvalue weighted by Gasteiger charge is -2.06. The van der Waals surface area contributed by atoms with Gasteiger partial charge in [-0.2, -0.15) is 0 Å². The van der Waals surface area contributed by atoms with Crippen LogP contribution in [-0.4, -0.2) is 28.3 Å². The number of pyridine rings is 1. The summed E-state index contributed by atoms with van der Waals surface area (Å²) in [5.74, 6) is -0.681. The summed E-state index contributed by atoms with van der Waals surface area (Å²) < 4.78 is 31.1. The summed E-state index contributed by atoms with van der Waals surface area (Å²) >= 11 is 1.29. The highest BCUT2D eigenvalue weighted by Crippen LogP contribution is 2.24. The van der Waals surface area contributed by atoms with Crippen LogP contribution in [0, 0.1) is 5.82 Å². The zero-order valence-corrected chi connectivity index (χ0v) is 11.2. The SMILES string of the molecule is COc1ncc(-c2cc(CF)nc(SC)n2)cc1F. The van der Waals surface area contributed by atoms with E-state index < -0.39 is 12.5 Å². The first-order valence-electron chi connectivity index (χ1n) is 5.35. The summed E-state index contributed by atoms with van der Waals surface area (Å²) in [5.41, 5.74) is 1.14. The third-order valence-electron chi connectivity index (χ3n) is 2.37. The summed E-state index contributed by atoms with van der Waals surface area (Å²) in [6, 6.07) is 2.73. The van der Waals surface area contributed by atoms with Gasteiger partial charge in [-0.25, -0.2) is 23.7 Å². The fourth-order valence-corrected chi connectivity index (χ4v) is 1.89. The molecule has 2 aromatic rings. The van der Waals surface area contributed by atoms with Gasteiger partial charge in [0.15, 0.2) is 11.0 Å². The van der Waals surface area contributed by atoms with E-state index in [1.165, 1.54) is 37.2 Å². The predicted octanol–water partition coefficient (Wildman–Crippen LogP) is 2.88. The van der Waals surface area contributed by atoms with Gasteiger partial charge in [-0.05, 0) is 18.4 Å². The first kappa shape index (κ1) is 13.7. The van der Waals surface area contributed by atoms with Crippen molar-refractivity contribution in [2.24, 2.45) is 0 Å². The molecule has 0 saturated heterocycles. The molecule has 0 aliphatic rings. The van der Waals surface area contributed by atoms with Crippen molar-refractivity contribution in [3.63, 3.8) is 0 Å². The molecule has 0 radical (unpaired) electrons. The number of nitrogens with zero attached hydrogens (tertiary/aromatic N) is 3. The first-order valence-corrected chi connectivity index (χ1v) is 6.58. The van der Waals surface area contributed by atoms with Gasteiger partial charge in [0, 0.05) is 11.8 Å². The van der Waals surface area contributed by atoms with Gasteiger partial charge in [0.25, 0.3) is 0 Å². The lowest BCUT2D eigenvalue weighted by molar-refractivity contribution is 0.369. The van der Waals surface area contributed by atoms with Crippen LogP contribution in [-0.2, 0) is 6.67 Å². The molecule has 100 valence electrons. The maximum absolute atomic E-state index is 13.6. The normalized spacial score (nSPS) is 10.5. The molecule has 2 heterocycles. The fraction of sp³-hybridized carbons (Fsp3) is 0.250. The minimum Gasteiger partial charge on any atom is -0.479 e. The predicted molar refractivity (Wildman–Crippen MR) is 68.4 cm³/mol. The van der Waals surface area contributed by atoms with E-state index in [-0.39, 0.29) is 11.6 Å². The maximum Gasteiger partial charge on any atom is 0.250 e. The van der Waals surface area contributed by atoms with Crippen LogP contribution in [0.15, 0.2) is 23.5 Å². The number of rotatable bonds is 4. The Bertz CT molecular complexity index is 573. The number of ether oxygens (including phenoxy) is 1. The van der Waals surface area contributed by atoms with E-state index in [0.717, 1.165) is 0 Å². The monoisotopic (exact) mass is 283 g/mol. The van der Waals surface area contributed by atoms with E-state index in [2.05, 4.69) is 15.0 Å². The van der Waals surface area contributed by atoms with Gasteiger partial charge in [0.1, 0.15) is 6.67 Å². The quantitative estimate of drug-likeness (QED) is 0.638. The summed E-state index contributed by atoms with van der Waals surface area (Å²) in [6.45, 7) is -0.699. The van der Waals surface area contributed by atoms with Crippen LogP contribution in [0.2, 0.25) is 0 Å². The van der Waals surface area contributed by atoms with E-state index >= 15 is 0 Å². The Hall–Kier alpha value is -1.76. The van der Waals surface area contributed by atoms with Gasteiger partial charge in [-0.15, -0.1) is 0 Å². The summed E-state index contributed by atoms with van der Waals surface area (Å²) in [4.78, 5) is 12.0. The van der Waals surface area contributed by atoms with Gasteiger partial charge < -0.3 is 4.74 Å². The van der Waals surface area contributed by atoms with Crippen molar-refractivity contribution in [2.75, 3.05) is 13.4 Å². The summed E-state index contributed by atoms with van der Waals surface area (Å²) in [7, 11) is 1.34. The Kier molecular flexibility index (Phi) is 4.26. The van der Waals surface area contributed by atoms with E-state index in [4.69, 9.17) is 4.74 Å². The molecule has 0 aliphatic carbocycles. The highest BCUT2D eigenvalue weighted by molar-refractivity contribution is 7.98. The van der Waals surface area contributed by atoms with E-state index in [0.29, 0.717) is 16.4 Å². The molecular weight excluding hydrogens is 272 g/mol. The van der Waals surface area contributed by atoms with Crippen LogP contribution in [0.4, 0.5) is 8.78 Å². The van der Waals surface area contributed by atoms with Gasteiger partial charge in [0.2, 0.25) is 5.88 Å². The fourth-order valence-electron chi connectivity index (χ4n) is 1.50. The molecule has 4 nitrogen and oxygen atoms in total. The van der Waals surface area contributed by atoms with Crippen LogP contribution in [0.25, 0.3) is 11.3 Å². The molecule has 0 amide bonds. The smallest absolute Gasteiger partial charge is 0.250 e. The molecule has 0 atom stereocenters. The average Bonchev–Trinajstić information content (AvgIpc) is 2.46. The van der Waals surface area contributed by atoms with Crippen LogP contribution in [0.3, 0.4) is 0 Å². The van der Waals surface area contributed by atoms with Crippen molar-refractivity contribution in [3.05, 3.63) is 29.8 Å². The van der Waals surface area contributed by atoms with Gasteiger partial charge in [-0.1, -0.05) is 11.8 Å². The standard InChI is InChI=1S/C12H11F2N3OS/c1-18-11-9(14)3-7(6-15-11)10-4-8(5-13)16-12(17-10)19-2/h3-4,6H,5H2,1-2H3. The number of thioether (sulfide) groups is 1. The maximum atomic E-state index is 13.6. The molecule has 0 N–H and O–H groups in total. The van der Waals surface area contributed by atoms with Gasteiger partial charge in [-0.3, -0.25) is 0 Å². The number of aromatic nitrogens is 3. The second-order valence-corrected chi connectivity index (χ2v) is 4.35. The molecule has 0 saturated carbocycles. The Morgan fingerprint density at radius 2 is 2.11 bits per heavy atom. The Balaban J connectivity index is 2.48. The van der Waals surface area contributed by atoms with Crippen molar-refractivity contribution in [2.45, 2.75) is 11.8 Å². The molecule has 7 heteroatoms. The van der Waals surface area contributed by atoms with Crippen LogP contribution in [0.5, 0.6) is 5.88 Å². The first-order chi connectivity index (χ1) is 9.17. The molecule has 2 aromatic heterocycles. The topological polar surface area (TPSA) is 47.9 Å². The molecule has 0 aliphatic heterocycles. The van der Waals surface area contributed by atoms with Crippen LogP contribution < -0.4 is 4.74 Å². The Labute approximate surface area is 113 Å². The van der Waals surface area contributed by atoms with Crippen molar-refractivity contribution in [3.8, 4) is 17.1 Å². The molecule has 19 heavy (non-hydrogen) atoms. The summed E-state index contributed by atoms with van der Waals surface area (Å²) in [6.07, 6.45) is 3.21. The third kappa shape index (κ3) is 2.98. The van der Waals surface area contributed by atoms with Gasteiger partial charge >= 0.3 is 0 Å². The largest absolute Gasteiger partial charge is 0.479 e. The lowest BCUT2D eigenvalue weighted by atomic mass is 10.2. The zero-order valence-electron chi connectivity index (χ0n) is 10.4. The third-order valence-corrected chi connectivity index (χ3v) is 2.92. The molecule has 0 aromatic carbocycles. The van der Waals surface area contributed by atoms with Crippen molar-refractivity contribution in [1.82, 2.24) is 15.0 Å². The number of hydrogen-bond acceptors (Lipinski definition) is 5. The summed E-state index contributed by atoms with van der Waals surface area (Å²) in [5, 5.41) is 0.432. The molecule has 0 fully saturated rings. The van der Waals surface area contributed by atoms with Crippen LogP contribution in [0.1, 0.15) is 5.69 Å². The molecule has 0 spiro atoms. The lowest BCUT2D eigenvalue weighted by Crippen LogP contribution is -1.97. The highest BCUT2D eigenvalue weighted by Gasteiger charge is 2.10. The highest BCUT2D eigenvalue weighted by atomic mass is 32.2. The van der Waals surface area contributed by atoms with E-state index in [1.807, 2.05) is 0 Å². The Morgan fingerprint density at radius 3 is 2.68 bits per heavy atom. The van der Waals surface area contributed by atoms with Crippen molar-refractivity contribution in [1.29, 1.82) is 0 Å². The van der Waals surface area contributed by atoms with Crippen molar-refractivity contribution < 1.29 is 13.5 Å².